The van der Waals surface area contributed by atoms with E-state index in [0.717, 1.165) is 28.6 Å². The Kier molecular flexibility index (Phi) is 3.22. The van der Waals surface area contributed by atoms with Gasteiger partial charge in [0.15, 0.2) is 0 Å². The first kappa shape index (κ1) is 13.8. The third-order valence-electron chi connectivity index (χ3n) is 5.42. The molecule has 0 aliphatic carbocycles. The standard InChI is InChI=1S/C18H22N2O2/c1-12-10-20(15-11-19-8-6-13(15)7-9-19)18(21)14-4-3-5-16(22-2)17(12)14/h3-5,10,13,15H,6-9,11H2,1-2H3. The molecule has 116 valence electrons. The van der Waals surface area contributed by atoms with E-state index in [9.17, 15) is 4.79 Å². The summed E-state index contributed by atoms with van der Waals surface area (Å²) in [6.45, 7) is 5.47. The lowest BCUT2D eigenvalue weighted by atomic mass is 9.83. The molecule has 3 fully saturated rings. The van der Waals surface area contributed by atoms with Crippen LogP contribution in [0.15, 0.2) is 29.2 Å². The lowest BCUT2D eigenvalue weighted by Crippen LogP contribution is -2.50. The Labute approximate surface area is 130 Å². The number of ether oxygens (including phenoxy) is 1. The van der Waals surface area contributed by atoms with Gasteiger partial charge in [-0.15, -0.1) is 0 Å². The van der Waals surface area contributed by atoms with Gasteiger partial charge in [0.1, 0.15) is 5.75 Å². The Morgan fingerprint density at radius 3 is 2.64 bits per heavy atom. The molecule has 2 aromatic rings. The summed E-state index contributed by atoms with van der Waals surface area (Å²) < 4.78 is 7.43. The quantitative estimate of drug-likeness (QED) is 0.854. The van der Waals surface area contributed by atoms with Crippen LogP contribution in [0.4, 0.5) is 0 Å². The van der Waals surface area contributed by atoms with Crippen LogP contribution < -0.4 is 10.3 Å². The average Bonchev–Trinajstić information content (AvgIpc) is 2.58. The van der Waals surface area contributed by atoms with Crippen molar-refractivity contribution in [3.63, 3.8) is 0 Å². The number of aromatic nitrogens is 1. The zero-order chi connectivity index (χ0) is 15.3. The van der Waals surface area contributed by atoms with E-state index in [-0.39, 0.29) is 5.56 Å². The van der Waals surface area contributed by atoms with Crippen molar-refractivity contribution >= 4 is 10.8 Å². The minimum Gasteiger partial charge on any atom is -0.496 e. The van der Waals surface area contributed by atoms with Crippen molar-refractivity contribution in [2.24, 2.45) is 5.92 Å². The van der Waals surface area contributed by atoms with Gasteiger partial charge in [-0.2, -0.15) is 0 Å². The normalized spacial score (nSPS) is 27.3. The molecule has 3 aliphatic heterocycles. The first-order chi connectivity index (χ1) is 10.7. The first-order valence-electron chi connectivity index (χ1n) is 8.10. The molecule has 0 amide bonds. The van der Waals surface area contributed by atoms with Gasteiger partial charge in [-0.25, -0.2) is 0 Å². The van der Waals surface area contributed by atoms with E-state index < -0.39 is 0 Å². The molecule has 3 aliphatic rings. The van der Waals surface area contributed by atoms with Crippen molar-refractivity contribution in [3.05, 3.63) is 40.3 Å². The largest absolute Gasteiger partial charge is 0.496 e. The van der Waals surface area contributed by atoms with E-state index in [1.54, 1.807) is 7.11 Å². The summed E-state index contributed by atoms with van der Waals surface area (Å²) in [7, 11) is 1.66. The number of nitrogens with zero attached hydrogens (tertiary/aromatic N) is 2. The van der Waals surface area contributed by atoms with Crippen LogP contribution in [0.5, 0.6) is 5.75 Å². The molecule has 0 saturated carbocycles. The van der Waals surface area contributed by atoms with Crippen LogP contribution in [-0.2, 0) is 0 Å². The molecule has 4 heteroatoms. The van der Waals surface area contributed by atoms with Crippen molar-refractivity contribution < 1.29 is 4.74 Å². The SMILES string of the molecule is COc1cccc2c(=O)n(C3CN4CCC3CC4)cc(C)c12. The van der Waals surface area contributed by atoms with E-state index in [4.69, 9.17) is 4.74 Å². The van der Waals surface area contributed by atoms with E-state index in [1.807, 2.05) is 29.0 Å². The molecule has 1 aromatic carbocycles. The summed E-state index contributed by atoms with van der Waals surface area (Å²) in [5.41, 5.74) is 1.24. The van der Waals surface area contributed by atoms with Gasteiger partial charge in [0.25, 0.3) is 5.56 Å². The minimum absolute atomic E-state index is 0.123. The summed E-state index contributed by atoms with van der Waals surface area (Å²) in [4.78, 5) is 15.5. The van der Waals surface area contributed by atoms with Gasteiger partial charge in [0.2, 0.25) is 0 Å². The number of piperidine rings is 3. The molecule has 0 N–H and O–H groups in total. The van der Waals surface area contributed by atoms with Crippen LogP contribution in [0.3, 0.4) is 0 Å². The summed E-state index contributed by atoms with van der Waals surface area (Å²) in [5.74, 6) is 1.43. The Hall–Kier alpha value is -1.81. The van der Waals surface area contributed by atoms with Gasteiger partial charge in [0, 0.05) is 18.1 Å². The van der Waals surface area contributed by atoms with Gasteiger partial charge in [-0.05, 0) is 56.5 Å². The highest BCUT2D eigenvalue weighted by atomic mass is 16.5. The highest BCUT2D eigenvalue weighted by Gasteiger charge is 2.35. The molecule has 0 spiro atoms. The number of pyridine rings is 1. The second-order valence-electron chi connectivity index (χ2n) is 6.61. The molecular formula is C18H22N2O2. The smallest absolute Gasteiger partial charge is 0.258 e. The Morgan fingerprint density at radius 2 is 2.00 bits per heavy atom. The molecule has 1 aromatic heterocycles. The predicted molar refractivity (Wildman–Crippen MR) is 87.7 cm³/mol. The monoisotopic (exact) mass is 298 g/mol. The first-order valence-corrected chi connectivity index (χ1v) is 8.10. The van der Waals surface area contributed by atoms with Gasteiger partial charge < -0.3 is 14.2 Å². The molecule has 1 unspecified atom stereocenters. The topological polar surface area (TPSA) is 34.5 Å². The van der Waals surface area contributed by atoms with Crippen molar-refractivity contribution in [3.8, 4) is 5.75 Å². The zero-order valence-corrected chi connectivity index (χ0v) is 13.2. The maximum Gasteiger partial charge on any atom is 0.258 e. The van der Waals surface area contributed by atoms with Gasteiger partial charge >= 0.3 is 0 Å². The van der Waals surface area contributed by atoms with Crippen LogP contribution in [0.25, 0.3) is 10.8 Å². The zero-order valence-electron chi connectivity index (χ0n) is 13.2. The highest BCUT2D eigenvalue weighted by Crippen LogP contribution is 2.36. The number of fused-ring (bicyclic) bond motifs is 4. The van der Waals surface area contributed by atoms with Crippen molar-refractivity contribution in [2.75, 3.05) is 26.7 Å². The molecule has 0 radical (unpaired) electrons. The fourth-order valence-corrected chi connectivity index (χ4v) is 4.25. The molecule has 4 heterocycles. The third kappa shape index (κ3) is 1.97. The van der Waals surface area contributed by atoms with Crippen molar-refractivity contribution in [1.29, 1.82) is 0 Å². The summed E-state index contributed by atoms with van der Waals surface area (Å²) in [6, 6.07) is 6.07. The van der Waals surface area contributed by atoms with Crippen LogP contribution in [0.2, 0.25) is 0 Å². The molecular weight excluding hydrogens is 276 g/mol. The molecule has 3 saturated heterocycles. The Balaban J connectivity index is 1.90. The lowest BCUT2D eigenvalue weighted by Gasteiger charge is -2.45. The number of methoxy groups -OCH3 is 1. The van der Waals surface area contributed by atoms with Crippen LogP contribution >= 0.6 is 0 Å². The number of rotatable bonds is 2. The predicted octanol–water partition coefficient (Wildman–Crippen LogP) is 2.59. The summed E-state index contributed by atoms with van der Waals surface area (Å²) >= 11 is 0. The van der Waals surface area contributed by atoms with E-state index >= 15 is 0 Å². The van der Waals surface area contributed by atoms with Crippen molar-refractivity contribution in [1.82, 2.24) is 9.47 Å². The fourth-order valence-electron chi connectivity index (χ4n) is 4.25. The molecule has 5 rings (SSSR count). The third-order valence-corrected chi connectivity index (χ3v) is 5.42. The molecule has 1 atom stereocenters. The molecule has 4 nitrogen and oxygen atoms in total. The summed E-state index contributed by atoms with van der Waals surface area (Å²) in [6.07, 6.45) is 4.47. The van der Waals surface area contributed by atoms with E-state index in [0.29, 0.717) is 12.0 Å². The van der Waals surface area contributed by atoms with Crippen molar-refractivity contribution in [2.45, 2.75) is 25.8 Å². The van der Waals surface area contributed by atoms with E-state index in [1.165, 1.54) is 25.9 Å². The number of benzene rings is 1. The number of hydrogen-bond donors (Lipinski definition) is 0. The van der Waals surface area contributed by atoms with Gasteiger partial charge in [-0.3, -0.25) is 4.79 Å². The maximum absolute atomic E-state index is 13.0. The number of aryl methyl sites for hydroxylation is 1. The Bertz CT molecular complexity index is 772. The van der Waals surface area contributed by atoms with Crippen LogP contribution in [0.1, 0.15) is 24.4 Å². The second kappa shape index (κ2) is 5.13. The lowest BCUT2D eigenvalue weighted by molar-refractivity contribution is 0.0556. The van der Waals surface area contributed by atoms with Crippen LogP contribution in [0, 0.1) is 12.8 Å². The highest BCUT2D eigenvalue weighted by molar-refractivity contribution is 5.90. The number of hydrogen-bond acceptors (Lipinski definition) is 3. The fraction of sp³-hybridized carbons (Fsp3) is 0.500. The van der Waals surface area contributed by atoms with Crippen LogP contribution in [-0.4, -0.2) is 36.2 Å². The minimum atomic E-state index is 0.123. The Morgan fingerprint density at radius 1 is 1.23 bits per heavy atom. The molecule has 2 bridgehead atoms. The second-order valence-corrected chi connectivity index (χ2v) is 6.61. The van der Waals surface area contributed by atoms with E-state index in [2.05, 4.69) is 11.8 Å². The maximum atomic E-state index is 13.0. The van der Waals surface area contributed by atoms with Gasteiger partial charge in [0.05, 0.1) is 18.5 Å². The van der Waals surface area contributed by atoms with Gasteiger partial charge in [-0.1, -0.05) is 6.07 Å². The molecule has 22 heavy (non-hydrogen) atoms. The average molecular weight is 298 g/mol. The summed E-state index contributed by atoms with van der Waals surface area (Å²) in [5, 5.41) is 1.73.